The fraction of sp³-hybridized carbons (Fsp3) is 0.500. The van der Waals surface area contributed by atoms with Gasteiger partial charge in [0, 0.05) is 6.61 Å². The number of carbonyl (C=O) groups excluding carboxylic acids is 1. The van der Waals surface area contributed by atoms with Gasteiger partial charge >= 0.3 is 6.09 Å². The summed E-state index contributed by atoms with van der Waals surface area (Å²) in [7, 11) is -2.56. The third kappa shape index (κ3) is 6.28. The molecule has 2 aromatic rings. The van der Waals surface area contributed by atoms with Crippen LogP contribution in [0.25, 0.3) is 0 Å². The van der Waals surface area contributed by atoms with Crippen molar-refractivity contribution in [3.8, 4) is 0 Å². The maximum Gasteiger partial charge on any atom is 0.413 e. The third-order valence-corrected chi connectivity index (χ3v) is 11.5. The van der Waals surface area contributed by atoms with Crippen molar-refractivity contribution in [3.63, 3.8) is 0 Å². The van der Waals surface area contributed by atoms with E-state index in [0.717, 1.165) is 6.42 Å². The Balaban J connectivity index is 1.78. The average molecular weight is 510 g/mol. The number of rotatable bonds is 7. The van der Waals surface area contributed by atoms with Crippen molar-refractivity contribution in [2.24, 2.45) is 0 Å². The molecule has 1 fully saturated rings. The molecule has 1 saturated heterocycles. The number of benzene rings is 2. The van der Waals surface area contributed by atoms with Crippen LogP contribution < -0.4 is 10.4 Å². The zero-order valence-electron chi connectivity index (χ0n) is 23.2. The second-order valence-corrected chi connectivity index (χ2v) is 16.2. The molecule has 1 amide bonds. The van der Waals surface area contributed by atoms with E-state index in [0.29, 0.717) is 13.2 Å². The summed E-state index contributed by atoms with van der Waals surface area (Å²) in [6.07, 6.45) is 4.53. The lowest BCUT2D eigenvalue weighted by Gasteiger charge is -2.43. The van der Waals surface area contributed by atoms with Gasteiger partial charge in [0.15, 0.2) is 0 Å². The topological polar surface area (TPSA) is 48.0 Å². The number of amides is 1. The molecule has 0 saturated carbocycles. The van der Waals surface area contributed by atoms with Gasteiger partial charge in [0.25, 0.3) is 8.32 Å². The molecule has 1 aliphatic heterocycles. The molecular weight excluding hydrogens is 466 g/mol. The molecule has 6 heteroatoms. The number of carbonyl (C=O) groups is 1. The first-order valence-electron chi connectivity index (χ1n) is 12.9. The lowest BCUT2D eigenvalue weighted by atomic mass is 10.2. The molecule has 3 rings (SSSR count). The van der Waals surface area contributed by atoms with E-state index in [1.807, 2.05) is 40.7 Å². The Kier molecular flexibility index (Phi) is 8.54. The highest BCUT2D eigenvalue weighted by Crippen LogP contribution is 2.37. The predicted octanol–water partition coefficient (Wildman–Crippen LogP) is 5.88. The molecule has 0 aliphatic carbocycles. The quantitative estimate of drug-likeness (QED) is 0.266. The molecule has 196 valence electrons. The summed E-state index contributed by atoms with van der Waals surface area (Å²) in [5.74, 6) is 0. The molecule has 1 heterocycles. The van der Waals surface area contributed by atoms with Gasteiger partial charge in [-0.15, -0.1) is 0 Å². The molecule has 0 spiro atoms. The van der Waals surface area contributed by atoms with Crippen LogP contribution in [0.5, 0.6) is 0 Å². The molecule has 36 heavy (non-hydrogen) atoms. The molecule has 1 atom stereocenters. The molecule has 5 nitrogen and oxygen atoms in total. The van der Waals surface area contributed by atoms with Crippen LogP contribution in [0.1, 0.15) is 61.8 Å². The van der Waals surface area contributed by atoms with Crippen LogP contribution in [0, 0.1) is 0 Å². The Morgan fingerprint density at radius 3 is 2.00 bits per heavy atom. The van der Waals surface area contributed by atoms with E-state index in [1.54, 1.807) is 4.90 Å². The van der Waals surface area contributed by atoms with Gasteiger partial charge in [-0.25, -0.2) is 4.79 Å². The highest BCUT2D eigenvalue weighted by Gasteiger charge is 2.50. The van der Waals surface area contributed by atoms with Crippen LogP contribution in [0.4, 0.5) is 4.79 Å². The predicted molar refractivity (Wildman–Crippen MR) is 149 cm³/mol. The Morgan fingerprint density at radius 1 is 1.00 bits per heavy atom. The van der Waals surface area contributed by atoms with Crippen molar-refractivity contribution >= 4 is 24.8 Å². The first-order valence-corrected chi connectivity index (χ1v) is 14.8. The van der Waals surface area contributed by atoms with Gasteiger partial charge in [0.1, 0.15) is 11.3 Å². The van der Waals surface area contributed by atoms with Crippen LogP contribution in [0.2, 0.25) is 5.04 Å². The van der Waals surface area contributed by atoms with E-state index in [4.69, 9.17) is 13.9 Å². The zero-order valence-corrected chi connectivity index (χ0v) is 24.2. The van der Waals surface area contributed by atoms with E-state index in [-0.39, 0.29) is 17.2 Å². The Hall–Kier alpha value is -2.41. The summed E-state index contributed by atoms with van der Waals surface area (Å²) in [6, 6.07) is 21.2. The number of ether oxygens (including phenoxy) is 2. The van der Waals surface area contributed by atoms with Crippen molar-refractivity contribution in [1.82, 2.24) is 4.90 Å². The van der Waals surface area contributed by atoms with Gasteiger partial charge in [-0.2, -0.15) is 0 Å². The molecule has 1 aliphatic rings. The Labute approximate surface area is 218 Å². The smallest absolute Gasteiger partial charge is 0.413 e. The minimum absolute atomic E-state index is 0.0593. The fourth-order valence-corrected chi connectivity index (χ4v) is 9.52. The minimum Gasteiger partial charge on any atom is -0.444 e. The van der Waals surface area contributed by atoms with E-state index in [2.05, 4.69) is 87.5 Å². The van der Waals surface area contributed by atoms with Crippen molar-refractivity contribution in [1.29, 1.82) is 0 Å². The summed E-state index contributed by atoms with van der Waals surface area (Å²) in [6.45, 7) is 17.3. The highest BCUT2D eigenvalue weighted by atomic mass is 28.4. The van der Waals surface area contributed by atoms with Crippen LogP contribution in [-0.4, -0.2) is 49.9 Å². The number of hydrogen-bond donors (Lipinski definition) is 0. The summed E-state index contributed by atoms with van der Waals surface area (Å²) in [5, 5.41) is 2.49. The zero-order chi connectivity index (χ0) is 26.6. The molecule has 0 N–H and O–H groups in total. The molecular formula is C30H43NO4Si. The van der Waals surface area contributed by atoms with Crippen LogP contribution >= 0.6 is 0 Å². The second kappa shape index (κ2) is 10.9. The summed E-state index contributed by atoms with van der Waals surface area (Å²) >= 11 is 0. The Bertz CT molecular complexity index is 983. The molecule has 0 unspecified atom stereocenters. The summed E-state index contributed by atoms with van der Waals surface area (Å²) in [5.41, 5.74) is -1.28. The van der Waals surface area contributed by atoms with Gasteiger partial charge in [0.05, 0.1) is 12.6 Å². The van der Waals surface area contributed by atoms with Gasteiger partial charge in [0.2, 0.25) is 0 Å². The molecule has 0 bridgehead atoms. The average Bonchev–Trinajstić information content (AvgIpc) is 3.09. The minimum atomic E-state index is -2.56. The standard InChI is InChI=1S/C30H43NO4Si/c1-28(2,3)35-27(32)31-24(23-33-30(31,7)8)17-15-16-22-34-36(29(4,5)6,25-18-11-9-12-19-25)26-20-13-10-14-21-26/h9-15,17-21,24H,16,22-23H2,1-8H3/b17-15-/t24-/m0/s1. The van der Waals surface area contributed by atoms with Gasteiger partial charge < -0.3 is 13.9 Å². The lowest BCUT2D eigenvalue weighted by Crippen LogP contribution is -2.66. The third-order valence-electron chi connectivity index (χ3n) is 6.49. The summed E-state index contributed by atoms with van der Waals surface area (Å²) in [4.78, 5) is 14.6. The van der Waals surface area contributed by atoms with Gasteiger partial charge in [-0.1, -0.05) is 93.6 Å². The van der Waals surface area contributed by atoms with Crippen molar-refractivity contribution < 1.29 is 18.7 Å². The largest absolute Gasteiger partial charge is 0.444 e. The molecule has 0 aromatic heterocycles. The van der Waals surface area contributed by atoms with Crippen LogP contribution in [0.3, 0.4) is 0 Å². The number of nitrogens with zero attached hydrogens (tertiary/aromatic N) is 1. The van der Waals surface area contributed by atoms with Crippen LogP contribution in [-0.2, 0) is 13.9 Å². The van der Waals surface area contributed by atoms with Gasteiger partial charge in [-0.3, -0.25) is 4.90 Å². The fourth-order valence-electron chi connectivity index (χ4n) is 4.94. The van der Waals surface area contributed by atoms with Crippen molar-refractivity contribution in [2.45, 2.75) is 84.2 Å². The number of hydrogen-bond acceptors (Lipinski definition) is 4. The molecule has 0 radical (unpaired) electrons. The first kappa shape index (κ1) is 28.2. The van der Waals surface area contributed by atoms with Crippen molar-refractivity contribution in [2.75, 3.05) is 13.2 Å². The van der Waals surface area contributed by atoms with E-state index in [1.165, 1.54) is 10.4 Å². The summed E-state index contributed by atoms with van der Waals surface area (Å²) < 4.78 is 18.5. The van der Waals surface area contributed by atoms with E-state index < -0.39 is 19.6 Å². The maximum atomic E-state index is 12.9. The molecule has 2 aromatic carbocycles. The Morgan fingerprint density at radius 2 is 1.53 bits per heavy atom. The normalized spacial score (nSPS) is 18.6. The van der Waals surface area contributed by atoms with E-state index >= 15 is 0 Å². The first-order chi connectivity index (χ1) is 16.8. The highest BCUT2D eigenvalue weighted by molar-refractivity contribution is 6.99. The van der Waals surface area contributed by atoms with Crippen molar-refractivity contribution in [3.05, 3.63) is 72.8 Å². The maximum absolute atomic E-state index is 12.9. The lowest BCUT2D eigenvalue weighted by molar-refractivity contribution is -0.0610. The monoisotopic (exact) mass is 509 g/mol. The van der Waals surface area contributed by atoms with E-state index in [9.17, 15) is 4.79 Å². The van der Waals surface area contributed by atoms with Gasteiger partial charge in [-0.05, 0) is 56.5 Å². The SMILES string of the molecule is CC(C)(C)OC(=O)N1[C@@H](/C=C\CCO[Si](c2ccccc2)(c2ccccc2)C(C)(C)C)COC1(C)C. The second-order valence-electron chi connectivity index (χ2n) is 11.9. The van der Waals surface area contributed by atoms with Crippen LogP contribution in [0.15, 0.2) is 72.8 Å².